The molecular weight excluding hydrogens is 660 g/mol. The molecule has 2 aromatic carbocycles. The van der Waals surface area contributed by atoms with Crippen LogP contribution in [0.1, 0.15) is 63.8 Å². The molecule has 4 amide bonds. The molecule has 0 fully saturated rings. The second-order valence-electron chi connectivity index (χ2n) is 13.7. The maximum atomic E-state index is 15.0. The van der Waals surface area contributed by atoms with E-state index in [0.717, 1.165) is 28.7 Å². The molecule has 0 unspecified atom stereocenters. The van der Waals surface area contributed by atoms with Gasteiger partial charge in [-0.05, 0) is 41.7 Å². The first-order valence-electron chi connectivity index (χ1n) is 16.9. The number of nitrogens with zero attached hydrogens (tertiary/aromatic N) is 3. The number of nitrogens with two attached hydrogens (primary N) is 1. The Morgan fingerprint density at radius 3 is 2.27 bits per heavy atom. The number of benzene rings is 2. The van der Waals surface area contributed by atoms with Crippen LogP contribution < -0.4 is 11.1 Å². The lowest BCUT2D eigenvalue weighted by Gasteiger charge is -2.42. The van der Waals surface area contributed by atoms with Gasteiger partial charge in [0.2, 0.25) is 11.8 Å². The molecular formula is C38H45F2N5O6. The number of aromatic nitrogens is 1. The monoisotopic (exact) mass is 705 g/mol. The van der Waals surface area contributed by atoms with Gasteiger partial charge < -0.3 is 25.6 Å². The van der Waals surface area contributed by atoms with E-state index in [9.17, 15) is 33.5 Å². The first-order valence-corrected chi connectivity index (χ1v) is 16.9. The lowest BCUT2D eigenvalue weighted by Crippen LogP contribution is -2.53. The number of nitrogens with one attached hydrogen (secondary N) is 1. The fourth-order valence-electron chi connectivity index (χ4n) is 6.23. The van der Waals surface area contributed by atoms with Crippen LogP contribution in [0, 0.1) is 17.0 Å². The van der Waals surface area contributed by atoms with Crippen molar-refractivity contribution in [3.8, 4) is 11.1 Å². The third-order valence-electron chi connectivity index (χ3n) is 8.67. The number of carbonyl (C=O) groups is 5. The van der Waals surface area contributed by atoms with E-state index >= 15 is 4.39 Å². The van der Waals surface area contributed by atoms with Gasteiger partial charge in [0.15, 0.2) is 0 Å². The van der Waals surface area contributed by atoms with Crippen molar-refractivity contribution in [2.24, 2.45) is 11.1 Å². The molecule has 0 saturated carbocycles. The quantitative estimate of drug-likeness (QED) is 0.180. The van der Waals surface area contributed by atoms with E-state index in [4.69, 9.17) is 5.73 Å². The summed E-state index contributed by atoms with van der Waals surface area (Å²) in [5, 5.41) is 12.9. The summed E-state index contributed by atoms with van der Waals surface area (Å²) in [7, 11) is 0. The van der Waals surface area contributed by atoms with Crippen LogP contribution in [-0.2, 0) is 30.5 Å². The smallest absolute Gasteiger partial charge is 0.253 e. The highest BCUT2D eigenvalue weighted by atomic mass is 19.1. The van der Waals surface area contributed by atoms with Gasteiger partial charge in [0, 0.05) is 80.6 Å². The van der Waals surface area contributed by atoms with E-state index in [-0.39, 0.29) is 56.7 Å². The minimum atomic E-state index is -0.832. The molecule has 51 heavy (non-hydrogen) atoms. The third-order valence-corrected chi connectivity index (χ3v) is 8.67. The van der Waals surface area contributed by atoms with Gasteiger partial charge in [0.05, 0.1) is 12.1 Å². The van der Waals surface area contributed by atoms with Gasteiger partial charge in [-0.15, -0.1) is 0 Å². The predicted octanol–water partition coefficient (Wildman–Crippen LogP) is 3.89. The van der Waals surface area contributed by atoms with Crippen LogP contribution >= 0.6 is 0 Å². The summed E-state index contributed by atoms with van der Waals surface area (Å²) in [6, 6.07) is 12.9. The van der Waals surface area contributed by atoms with Crippen LogP contribution in [-0.4, -0.2) is 81.2 Å². The molecule has 0 spiro atoms. The number of carbonyl (C=O) groups excluding carboxylic acids is 5. The molecule has 13 heteroatoms. The van der Waals surface area contributed by atoms with E-state index < -0.39 is 59.4 Å². The van der Waals surface area contributed by atoms with Gasteiger partial charge in [0.25, 0.3) is 11.8 Å². The Morgan fingerprint density at radius 1 is 0.961 bits per heavy atom. The number of Topliss-reactive ketones (excluding diaryl/α,β-unsaturated/α-hetero) is 1. The fraction of sp³-hybridized carbons (Fsp3) is 0.395. The number of hydrogen-bond acceptors (Lipinski definition) is 7. The van der Waals surface area contributed by atoms with Crippen molar-refractivity contribution in [1.82, 2.24) is 19.7 Å². The molecule has 2 atom stereocenters. The molecule has 0 bridgehead atoms. The Morgan fingerprint density at radius 2 is 1.65 bits per heavy atom. The second kappa shape index (κ2) is 17.3. The van der Waals surface area contributed by atoms with Crippen LogP contribution in [0.3, 0.4) is 0 Å². The van der Waals surface area contributed by atoms with Gasteiger partial charge in [-0.2, -0.15) is 0 Å². The van der Waals surface area contributed by atoms with Crippen LogP contribution in [0.5, 0.6) is 0 Å². The summed E-state index contributed by atoms with van der Waals surface area (Å²) in [5.74, 6) is -3.38. The Balaban J connectivity index is 1.55. The third kappa shape index (κ3) is 10.3. The highest BCUT2D eigenvalue weighted by molar-refractivity contribution is 6.12. The van der Waals surface area contributed by atoms with Crippen molar-refractivity contribution >= 4 is 29.4 Å². The number of rotatable bonds is 17. The molecule has 1 aliphatic heterocycles. The maximum absolute atomic E-state index is 15.0. The molecule has 1 aromatic heterocycles. The number of imide groups is 1. The lowest BCUT2D eigenvalue weighted by atomic mass is 9.82. The van der Waals surface area contributed by atoms with Gasteiger partial charge in [-0.3, -0.25) is 28.9 Å². The molecule has 3 aromatic rings. The largest absolute Gasteiger partial charge is 0.387 e. The van der Waals surface area contributed by atoms with E-state index in [1.54, 1.807) is 12.3 Å². The summed E-state index contributed by atoms with van der Waals surface area (Å²) in [6.45, 7) is 5.18. The Labute approximate surface area is 296 Å². The molecule has 2 heterocycles. The molecule has 0 saturated heterocycles. The fourth-order valence-corrected chi connectivity index (χ4v) is 6.23. The van der Waals surface area contributed by atoms with Gasteiger partial charge in [-0.1, -0.05) is 51.1 Å². The Bertz CT molecular complexity index is 1750. The zero-order valence-corrected chi connectivity index (χ0v) is 29.1. The van der Waals surface area contributed by atoms with Crippen molar-refractivity contribution in [1.29, 1.82) is 0 Å². The van der Waals surface area contributed by atoms with Crippen molar-refractivity contribution < 1.29 is 37.9 Å². The number of amides is 4. The van der Waals surface area contributed by atoms with Crippen LogP contribution in [0.25, 0.3) is 11.1 Å². The summed E-state index contributed by atoms with van der Waals surface area (Å²) >= 11 is 0. The van der Waals surface area contributed by atoms with E-state index in [2.05, 4.69) is 5.32 Å². The number of aliphatic hydroxyl groups excluding tert-OH is 1. The molecule has 0 aliphatic carbocycles. The summed E-state index contributed by atoms with van der Waals surface area (Å²) in [4.78, 5) is 64.9. The highest BCUT2D eigenvalue weighted by Crippen LogP contribution is 2.41. The molecule has 4 N–H and O–H groups in total. The van der Waals surface area contributed by atoms with Gasteiger partial charge >= 0.3 is 0 Å². The first-order chi connectivity index (χ1) is 24.2. The van der Waals surface area contributed by atoms with Gasteiger partial charge in [-0.25, -0.2) is 8.78 Å². The molecule has 1 aliphatic rings. The lowest BCUT2D eigenvalue weighted by molar-refractivity contribution is -0.140. The number of aliphatic hydroxyl groups is 1. The van der Waals surface area contributed by atoms with Crippen molar-refractivity contribution in [2.75, 3.05) is 26.2 Å². The molecule has 11 nitrogen and oxygen atoms in total. The molecule has 272 valence electrons. The normalized spacial score (nSPS) is 14.1. The highest BCUT2D eigenvalue weighted by Gasteiger charge is 2.38. The number of ketones is 1. The minimum absolute atomic E-state index is 0.0485. The van der Waals surface area contributed by atoms with E-state index in [1.165, 1.54) is 17.1 Å². The second-order valence-corrected chi connectivity index (χ2v) is 13.7. The first kappa shape index (κ1) is 38.8. The van der Waals surface area contributed by atoms with Gasteiger partial charge in [0.1, 0.15) is 24.0 Å². The summed E-state index contributed by atoms with van der Waals surface area (Å²) in [5.41, 5.74) is 7.36. The summed E-state index contributed by atoms with van der Waals surface area (Å²) < 4.78 is 31.2. The Kier molecular flexibility index (Phi) is 13.1. The number of halogens is 2. The minimum Gasteiger partial charge on any atom is -0.387 e. The van der Waals surface area contributed by atoms with Crippen LogP contribution in [0.2, 0.25) is 0 Å². The SMILES string of the molecule is CC(C)(C)[C@H](c1cc(-c2cc(F)ccc2F)cn1Cc1ccccc1)N(C[C@H](CN)NC(=O)CCC(=O)CCCN1C(=O)C=CC1=O)C(=O)CO. The molecule has 4 rings (SSSR count). The summed E-state index contributed by atoms with van der Waals surface area (Å²) in [6.07, 6.45) is 4.20. The predicted molar refractivity (Wildman–Crippen MR) is 187 cm³/mol. The van der Waals surface area contributed by atoms with Crippen molar-refractivity contribution in [3.63, 3.8) is 0 Å². The van der Waals surface area contributed by atoms with E-state index in [0.29, 0.717) is 17.8 Å². The maximum Gasteiger partial charge on any atom is 0.253 e. The average Bonchev–Trinajstić information content (AvgIpc) is 3.64. The Hall–Kier alpha value is -5.01. The standard InChI is InChI=1S/C38H45F2N5O6/c1-38(2,3)37(32-18-26(30-19-27(39)11-13-31(30)40)22-43(32)21-25-8-5-4-6-9-25)45(36(51)24-46)23-28(20-41)42-33(48)14-12-29(47)10-7-17-44-34(49)15-16-35(44)50/h4-6,8-9,11,13,15-16,18-19,22,28,37,46H,7,10,12,14,17,20-21,23-24,41H2,1-3H3,(H,42,48)/t28-,37-/m0/s1. The van der Waals surface area contributed by atoms with Crippen LogP contribution in [0.4, 0.5) is 8.78 Å². The zero-order chi connectivity index (χ0) is 37.3. The van der Waals surface area contributed by atoms with E-state index in [1.807, 2.05) is 55.7 Å². The van der Waals surface area contributed by atoms with Crippen molar-refractivity contribution in [2.45, 2.75) is 65.1 Å². The molecule has 0 radical (unpaired) electrons. The zero-order valence-electron chi connectivity index (χ0n) is 29.1. The van der Waals surface area contributed by atoms with Crippen LogP contribution in [0.15, 0.2) is 72.9 Å². The number of hydrogen-bond donors (Lipinski definition) is 3. The average molecular weight is 706 g/mol. The topological polar surface area (TPSA) is 155 Å². The van der Waals surface area contributed by atoms with Crippen molar-refractivity contribution in [3.05, 3.63) is 95.8 Å².